The summed E-state index contributed by atoms with van der Waals surface area (Å²) in [7, 11) is 0. The van der Waals surface area contributed by atoms with Crippen LogP contribution in [-0.2, 0) is 15.1 Å². The molecule has 0 unspecified atom stereocenters. The van der Waals surface area contributed by atoms with Gasteiger partial charge in [0.25, 0.3) is 0 Å². The lowest BCUT2D eigenvalue weighted by Gasteiger charge is -2.46. The third-order valence-electron chi connectivity index (χ3n) is 6.25. The standard InChI is InChI=1S/C26H31N3O4/c1-25(2,3)26(18-10-6-4-7-11-18,19-12-8-5-9-13-19)32-17-21-20(30)16-23(33-21)29-15-14-22(27)28-24(29)31/h4-15,20-21,23,30H,16-17H2,1-3H3,(H2,27,28,31)/t20-,21-,23-/m1/s1. The highest BCUT2D eigenvalue weighted by Crippen LogP contribution is 2.48. The van der Waals surface area contributed by atoms with Gasteiger partial charge in [0, 0.05) is 12.6 Å². The molecule has 174 valence electrons. The zero-order valence-corrected chi connectivity index (χ0v) is 19.2. The Morgan fingerprint density at radius 1 is 1.06 bits per heavy atom. The van der Waals surface area contributed by atoms with Crippen LogP contribution >= 0.6 is 0 Å². The summed E-state index contributed by atoms with van der Waals surface area (Å²) in [4.78, 5) is 16.0. The number of aliphatic hydroxyl groups is 1. The van der Waals surface area contributed by atoms with E-state index in [0.717, 1.165) is 11.1 Å². The average molecular weight is 450 g/mol. The topological polar surface area (TPSA) is 99.6 Å². The fourth-order valence-corrected chi connectivity index (χ4v) is 4.65. The summed E-state index contributed by atoms with van der Waals surface area (Å²) < 4.78 is 14.2. The predicted molar refractivity (Wildman–Crippen MR) is 127 cm³/mol. The van der Waals surface area contributed by atoms with Crippen molar-refractivity contribution in [3.63, 3.8) is 0 Å². The van der Waals surface area contributed by atoms with Crippen molar-refractivity contribution in [3.05, 3.63) is 94.5 Å². The van der Waals surface area contributed by atoms with Gasteiger partial charge in [0.2, 0.25) is 0 Å². The SMILES string of the molecule is CC(C)(C)C(OC[C@H]1O[C@@H](n2ccc(N)nc2=O)C[C@H]1O)(c1ccccc1)c1ccccc1. The van der Waals surface area contributed by atoms with Gasteiger partial charge in [-0.1, -0.05) is 81.4 Å². The lowest BCUT2D eigenvalue weighted by Crippen LogP contribution is -2.46. The molecule has 33 heavy (non-hydrogen) atoms. The second kappa shape index (κ2) is 9.09. The van der Waals surface area contributed by atoms with Crippen LogP contribution in [0.4, 0.5) is 5.82 Å². The van der Waals surface area contributed by atoms with Crippen molar-refractivity contribution in [2.24, 2.45) is 5.41 Å². The molecule has 1 fully saturated rings. The Labute approximate surface area is 193 Å². The predicted octanol–water partition coefficient (Wildman–Crippen LogP) is 3.48. The number of nitrogens with two attached hydrogens (primary N) is 1. The quantitative estimate of drug-likeness (QED) is 0.598. The van der Waals surface area contributed by atoms with Gasteiger partial charge in [-0.2, -0.15) is 4.98 Å². The lowest BCUT2D eigenvalue weighted by atomic mass is 9.68. The maximum Gasteiger partial charge on any atom is 0.351 e. The molecule has 0 radical (unpaired) electrons. The molecule has 0 bridgehead atoms. The second-order valence-corrected chi connectivity index (χ2v) is 9.45. The van der Waals surface area contributed by atoms with E-state index in [1.807, 2.05) is 36.4 Å². The Bertz CT molecular complexity index is 1090. The maximum absolute atomic E-state index is 12.2. The first kappa shape index (κ1) is 23.2. The van der Waals surface area contributed by atoms with E-state index in [-0.39, 0.29) is 24.3 Å². The number of ether oxygens (including phenoxy) is 2. The number of benzene rings is 2. The molecule has 3 N–H and O–H groups in total. The van der Waals surface area contributed by atoms with Crippen molar-refractivity contribution in [2.45, 2.75) is 51.2 Å². The lowest BCUT2D eigenvalue weighted by molar-refractivity contribution is -0.142. The van der Waals surface area contributed by atoms with Crippen LogP contribution in [0.5, 0.6) is 0 Å². The van der Waals surface area contributed by atoms with Crippen LogP contribution in [-0.4, -0.2) is 33.5 Å². The molecule has 0 amide bonds. The number of nitrogen functional groups attached to an aromatic ring is 1. The number of hydrogen-bond donors (Lipinski definition) is 2. The normalized spacial score (nSPS) is 21.3. The van der Waals surface area contributed by atoms with Gasteiger partial charge in [0.15, 0.2) is 0 Å². The van der Waals surface area contributed by atoms with Gasteiger partial charge in [-0.25, -0.2) is 4.79 Å². The molecule has 1 aliphatic heterocycles. The molecule has 1 aromatic heterocycles. The van der Waals surface area contributed by atoms with Gasteiger partial charge in [-0.05, 0) is 22.6 Å². The Morgan fingerprint density at radius 2 is 1.64 bits per heavy atom. The van der Waals surface area contributed by atoms with Gasteiger partial charge in [-0.15, -0.1) is 0 Å². The van der Waals surface area contributed by atoms with Crippen molar-refractivity contribution in [1.82, 2.24) is 9.55 Å². The zero-order valence-electron chi connectivity index (χ0n) is 19.2. The molecule has 0 aliphatic carbocycles. The highest BCUT2D eigenvalue weighted by molar-refractivity contribution is 5.39. The minimum Gasteiger partial charge on any atom is -0.390 e. The Hall–Kier alpha value is -3.00. The number of rotatable bonds is 6. The summed E-state index contributed by atoms with van der Waals surface area (Å²) >= 11 is 0. The Balaban J connectivity index is 1.65. The van der Waals surface area contributed by atoms with E-state index in [9.17, 15) is 9.90 Å². The fourth-order valence-electron chi connectivity index (χ4n) is 4.65. The zero-order chi connectivity index (χ0) is 23.6. The summed E-state index contributed by atoms with van der Waals surface area (Å²) in [6.45, 7) is 6.57. The highest BCUT2D eigenvalue weighted by Gasteiger charge is 2.48. The van der Waals surface area contributed by atoms with Gasteiger partial charge in [0.05, 0.1) is 12.7 Å². The maximum atomic E-state index is 12.2. The summed E-state index contributed by atoms with van der Waals surface area (Å²) in [5, 5.41) is 10.7. The molecular weight excluding hydrogens is 418 g/mol. The second-order valence-electron chi connectivity index (χ2n) is 9.45. The number of hydrogen-bond acceptors (Lipinski definition) is 6. The number of anilines is 1. The van der Waals surface area contributed by atoms with E-state index < -0.39 is 29.7 Å². The van der Waals surface area contributed by atoms with Crippen molar-refractivity contribution in [1.29, 1.82) is 0 Å². The molecule has 2 aromatic carbocycles. The summed E-state index contributed by atoms with van der Waals surface area (Å²) in [5.41, 5.74) is 6.02. The van der Waals surface area contributed by atoms with Crippen LogP contribution in [0.1, 0.15) is 44.5 Å². The smallest absolute Gasteiger partial charge is 0.351 e. The van der Waals surface area contributed by atoms with E-state index in [2.05, 4.69) is 50.0 Å². The van der Waals surface area contributed by atoms with E-state index in [4.69, 9.17) is 15.2 Å². The van der Waals surface area contributed by atoms with E-state index in [1.165, 1.54) is 10.6 Å². The van der Waals surface area contributed by atoms with Crippen LogP contribution in [0.25, 0.3) is 0 Å². The molecule has 3 aromatic rings. The number of nitrogens with zero attached hydrogens (tertiary/aromatic N) is 2. The average Bonchev–Trinajstić information content (AvgIpc) is 3.15. The number of aromatic nitrogens is 2. The van der Waals surface area contributed by atoms with Gasteiger partial charge in [0.1, 0.15) is 23.8 Å². The minimum absolute atomic E-state index is 0.148. The van der Waals surface area contributed by atoms with Gasteiger partial charge in [-0.3, -0.25) is 4.57 Å². The number of aliphatic hydroxyl groups excluding tert-OH is 1. The Kier molecular flexibility index (Phi) is 6.38. The monoisotopic (exact) mass is 449 g/mol. The molecule has 1 saturated heterocycles. The van der Waals surface area contributed by atoms with E-state index >= 15 is 0 Å². The fraction of sp³-hybridized carbons (Fsp3) is 0.385. The van der Waals surface area contributed by atoms with Gasteiger partial charge >= 0.3 is 5.69 Å². The van der Waals surface area contributed by atoms with E-state index in [1.54, 1.807) is 6.20 Å². The van der Waals surface area contributed by atoms with Crippen molar-refractivity contribution >= 4 is 5.82 Å². The molecule has 1 aliphatic rings. The van der Waals surface area contributed by atoms with Crippen LogP contribution in [0.3, 0.4) is 0 Å². The van der Waals surface area contributed by atoms with Gasteiger partial charge < -0.3 is 20.3 Å². The molecule has 2 heterocycles. The Morgan fingerprint density at radius 3 is 2.15 bits per heavy atom. The van der Waals surface area contributed by atoms with Crippen molar-refractivity contribution in [2.75, 3.05) is 12.3 Å². The molecule has 0 spiro atoms. The van der Waals surface area contributed by atoms with Crippen molar-refractivity contribution < 1.29 is 14.6 Å². The van der Waals surface area contributed by atoms with Crippen LogP contribution in [0.2, 0.25) is 0 Å². The first-order valence-electron chi connectivity index (χ1n) is 11.2. The van der Waals surface area contributed by atoms with Crippen molar-refractivity contribution in [3.8, 4) is 0 Å². The molecule has 0 saturated carbocycles. The third-order valence-corrected chi connectivity index (χ3v) is 6.25. The molecule has 3 atom stereocenters. The minimum atomic E-state index is -0.788. The van der Waals surface area contributed by atoms with E-state index in [0.29, 0.717) is 0 Å². The van der Waals surface area contributed by atoms with Crippen LogP contribution in [0, 0.1) is 5.41 Å². The third kappa shape index (κ3) is 4.44. The molecule has 7 heteroatoms. The summed E-state index contributed by atoms with van der Waals surface area (Å²) in [6.07, 6.45) is -0.221. The van der Waals surface area contributed by atoms with Crippen LogP contribution in [0.15, 0.2) is 77.7 Å². The first-order valence-corrected chi connectivity index (χ1v) is 11.2. The van der Waals surface area contributed by atoms with Crippen LogP contribution < -0.4 is 11.4 Å². The first-order chi connectivity index (χ1) is 15.7. The molecule has 4 rings (SSSR count). The molecular formula is C26H31N3O4. The summed E-state index contributed by atoms with van der Waals surface area (Å²) in [6, 6.07) is 21.7. The largest absolute Gasteiger partial charge is 0.390 e. The highest BCUT2D eigenvalue weighted by atomic mass is 16.6. The summed E-state index contributed by atoms with van der Waals surface area (Å²) in [5.74, 6) is 0.148. The molecule has 7 nitrogen and oxygen atoms in total.